The molecule has 5 rings (SSSR count). The topological polar surface area (TPSA) is 90.5 Å². The van der Waals surface area contributed by atoms with Crippen molar-refractivity contribution >= 4 is 29.5 Å². The second kappa shape index (κ2) is 12.6. The quantitative estimate of drug-likeness (QED) is 0.469. The highest BCUT2D eigenvalue weighted by molar-refractivity contribution is 7.99. The van der Waals surface area contributed by atoms with Crippen molar-refractivity contribution in [3.05, 3.63) is 71.3 Å². The van der Waals surface area contributed by atoms with Gasteiger partial charge in [-0.25, -0.2) is 0 Å². The Morgan fingerprint density at radius 3 is 2.59 bits per heavy atom. The third kappa shape index (κ3) is 6.17. The number of hydrogen-bond acceptors (Lipinski definition) is 5. The molecule has 3 aliphatic rings. The van der Waals surface area contributed by atoms with Crippen molar-refractivity contribution < 1.29 is 14.4 Å². The number of fused-ring (bicyclic) bond motifs is 2. The molecule has 6 atom stereocenters. The Balaban J connectivity index is 1.39. The predicted octanol–water partition coefficient (Wildman–Crippen LogP) is 3.59. The van der Waals surface area contributed by atoms with Gasteiger partial charge in [0.05, 0.1) is 17.5 Å². The smallest absolute Gasteiger partial charge is 0.246 e. The third-order valence-electron chi connectivity index (χ3n) is 8.57. The van der Waals surface area contributed by atoms with Crippen LogP contribution in [0.15, 0.2) is 54.6 Å². The largest absolute Gasteiger partial charge is 0.347 e. The summed E-state index contributed by atoms with van der Waals surface area (Å²) in [5.74, 6) is 0.423. The van der Waals surface area contributed by atoms with E-state index in [-0.39, 0.29) is 35.1 Å². The van der Waals surface area contributed by atoms with E-state index >= 15 is 0 Å². The molecular weight excluding hydrogens is 508 g/mol. The molecule has 2 aromatic carbocycles. The highest BCUT2D eigenvalue weighted by Crippen LogP contribution is 2.42. The molecule has 0 aromatic heterocycles. The molecule has 0 spiro atoms. The van der Waals surface area contributed by atoms with Gasteiger partial charge in [-0.1, -0.05) is 54.6 Å². The van der Waals surface area contributed by atoms with Gasteiger partial charge in [0.25, 0.3) is 0 Å². The number of amides is 3. The Labute approximate surface area is 235 Å². The van der Waals surface area contributed by atoms with Gasteiger partial charge in [-0.3, -0.25) is 14.4 Å². The molecule has 2 aromatic rings. The molecule has 2 aliphatic heterocycles. The highest BCUT2D eigenvalue weighted by atomic mass is 32.2. The van der Waals surface area contributed by atoms with E-state index in [4.69, 9.17) is 0 Å². The second-order valence-corrected chi connectivity index (χ2v) is 12.3. The van der Waals surface area contributed by atoms with Crippen LogP contribution in [-0.4, -0.2) is 58.9 Å². The third-order valence-corrected chi connectivity index (χ3v) is 9.85. The van der Waals surface area contributed by atoms with Crippen LogP contribution in [0.25, 0.3) is 0 Å². The van der Waals surface area contributed by atoms with Crippen LogP contribution >= 0.6 is 11.8 Å². The zero-order valence-electron chi connectivity index (χ0n) is 22.9. The normalized spacial score (nSPS) is 27.2. The fourth-order valence-corrected chi connectivity index (χ4v) is 7.72. The lowest BCUT2D eigenvalue weighted by atomic mass is 9.87. The molecule has 2 saturated heterocycles. The zero-order chi connectivity index (χ0) is 27.4. The molecule has 3 amide bonds. The van der Waals surface area contributed by atoms with Crippen molar-refractivity contribution in [2.75, 3.05) is 12.8 Å². The zero-order valence-corrected chi connectivity index (χ0v) is 23.7. The summed E-state index contributed by atoms with van der Waals surface area (Å²) in [7, 11) is 1.73. The molecule has 3 N–H and O–H groups in total. The van der Waals surface area contributed by atoms with Crippen LogP contribution in [0.2, 0.25) is 0 Å². The molecule has 2 fully saturated rings. The van der Waals surface area contributed by atoms with Crippen LogP contribution in [0.1, 0.15) is 61.8 Å². The number of aryl methyl sites for hydroxylation is 2. The number of benzene rings is 2. The molecule has 1 aliphatic carbocycles. The molecule has 39 heavy (non-hydrogen) atoms. The van der Waals surface area contributed by atoms with Crippen LogP contribution in [0.3, 0.4) is 0 Å². The maximum atomic E-state index is 14.1. The van der Waals surface area contributed by atoms with Crippen LogP contribution in [0, 0.1) is 5.92 Å². The van der Waals surface area contributed by atoms with Gasteiger partial charge in [-0.2, -0.15) is 0 Å². The fourth-order valence-electron chi connectivity index (χ4n) is 6.30. The standard InChI is InChI=1S/C31H40N4O3S/c1-20(32-2)29(36)34-26-17-18-39-27-19-23(16-15-21-9-4-3-5-10-21)28(35(27)31(26)38)30(37)33-25-14-8-12-22-11-6-7-13-24(22)25/h3-7,9-11,13,20,23,25-28,32H,8,12,14-19H2,1-2H3,(H,33,37)(H,34,36)/t20-,23?,25+,26-,27?,28?/m0/s1. The first-order valence-corrected chi connectivity index (χ1v) is 15.3. The Bertz CT molecular complexity index is 1180. The van der Waals surface area contributed by atoms with E-state index < -0.39 is 18.1 Å². The lowest BCUT2D eigenvalue weighted by Gasteiger charge is -2.34. The Morgan fingerprint density at radius 2 is 1.79 bits per heavy atom. The van der Waals surface area contributed by atoms with Gasteiger partial charge >= 0.3 is 0 Å². The number of likely N-dealkylation sites (N-methyl/N-ethyl adjacent to an activating group) is 1. The van der Waals surface area contributed by atoms with Crippen molar-refractivity contribution in [3.63, 3.8) is 0 Å². The minimum atomic E-state index is -0.621. The molecular formula is C31H40N4O3S. The summed E-state index contributed by atoms with van der Waals surface area (Å²) >= 11 is 1.74. The van der Waals surface area contributed by atoms with Crippen LogP contribution in [0.4, 0.5) is 0 Å². The summed E-state index contributed by atoms with van der Waals surface area (Å²) in [4.78, 5) is 42.6. The minimum Gasteiger partial charge on any atom is -0.347 e. The molecule has 8 heteroatoms. The summed E-state index contributed by atoms with van der Waals surface area (Å²) in [6.45, 7) is 1.78. The van der Waals surface area contributed by atoms with Crippen LogP contribution in [-0.2, 0) is 27.2 Å². The number of hydrogen-bond donors (Lipinski definition) is 3. The van der Waals surface area contributed by atoms with E-state index in [1.807, 2.05) is 29.2 Å². The number of carbonyl (C=O) groups excluding carboxylic acids is 3. The number of carbonyl (C=O) groups is 3. The van der Waals surface area contributed by atoms with Gasteiger partial charge in [-0.05, 0) is 87.3 Å². The monoisotopic (exact) mass is 548 g/mol. The molecule has 208 valence electrons. The molecule has 3 unspecified atom stereocenters. The molecule has 0 bridgehead atoms. The summed E-state index contributed by atoms with van der Waals surface area (Å²) in [5, 5.41) is 9.21. The lowest BCUT2D eigenvalue weighted by Crippen LogP contribution is -2.57. The lowest BCUT2D eigenvalue weighted by molar-refractivity contribution is -0.143. The Kier molecular flexibility index (Phi) is 8.92. The van der Waals surface area contributed by atoms with Crippen LogP contribution in [0.5, 0.6) is 0 Å². The Morgan fingerprint density at radius 1 is 1.03 bits per heavy atom. The van der Waals surface area contributed by atoms with Gasteiger partial charge in [0.15, 0.2) is 0 Å². The Hall–Kier alpha value is -2.84. The average Bonchev–Trinajstić information content (AvgIpc) is 3.26. The first-order chi connectivity index (χ1) is 19.0. The van der Waals surface area contributed by atoms with Crippen molar-refractivity contribution in [1.29, 1.82) is 0 Å². The molecule has 7 nitrogen and oxygen atoms in total. The SMILES string of the molecule is CN[C@@H](C)C(=O)N[C@H]1CCSC2CC(CCc3ccccc3)C(C(=O)N[C@@H]3CCCc4ccccc43)N2C1=O. The van der Waals surface area contributed by atoms with Gasteiger partial charge in [-0.15, -0.1) is 11.8 Å². The van der Waals surface area contributed by atoms with Gasteiger partial charge in [0.1, 0.15) is 12.1 Å². The molecule has 0 radical (unpaired) electrons. The summed E-state index contributed by atoms with van der Waals surface area (Å²) in [6.07, 6.45) is 6.01. The first-order valence-electron chi connectivity index (χ1n) is 14.3. The fraction of sp³-hybridized carbons (Fsp3) is 0.516. The number of rotatable bonds is 8. The van der Waals surface area contributed by atoms with Crippen molar-refractivity contribution in [2.45, 2.75) is 81.4 Å². The number of thioether (sulfide) groups is 1. The summed E-state index contributed by atoms with van der Waals surface area (Å²) in [5.41, 5.74) is 3.72. The van der Waals surface area contributed by atoms with Crippen molar-refractivity contribution in [3.8, 4) is 0 Å². The molecule has 0 saturated carbocycles. The van der Waals surface area contributed by atoms with Crippen molar-refractivity contribution in [1.82, 2.24) is 20.9 Å². The van der Waals surface area contributed by atoms with E-state index in [1.54, 1.807) is 25.7 Å². The maximum Gasteiger partial charge on any atom is 0.246 e. The molecule has 2 heterocycles. The van der Waals surface area contributed by atoms with Gasteiger partial charge < -0.3 is 20.9 Å². The second-order valence-electron chi connectivity index (χ2n) is 11.0. The van der Waals surface area contributed by atoms with E-state index in [0.717, 1.165) is 44.3 Å². The van der Waals surface area contributed by atoms with E-state index in [1.165, 1.54) is 16.7 Å². The van der Waals surface area contributed by atoms with Gasteiger partial charge in [0, 0.05) is 0 Å². The summed E-state index contributed by atoms with van der Waals surface area (Å²) in [6, 6.07) is 17.1. The van der Waals surface area contributed by atoms with E-state index in [9.17, 15) is 14.4 Å². The summed E-state index contributed by atoms with van der Waals surface area (Å²) < 4.78 is 0. The number of nitrogens with zero attached hydrogens (tertiary/aromatic N) is 1. The predicted molar refractivity (Wildman–Crippen MR) is 155 cm³/mol. The van der Waals surface area contributed by atoms with Crippen LogP contribution < -0.4 is 16.0 Å². The van der Waals surface area contributed by atoms with E-state index in [0.29, 0.717) is 6.42 Å². The van der Waals surface area contributed by atoms with Crippen molar-refractivity contribution in [2.24, 2.45) is 5.92 Å². The minimum absolute atomic E-state index is 0.0435. The first kappa shape index (κ1) is 27.7. The van der Waals surface area contributed by atoms with Gasteiger partial charge in [0.2, 0.25) is 17.7 Å². The van der Waals surface area contributed by atoms with E-state index in [2.05, 4.69) is 46.3 Å². The maximum absolute atomic E-state index is 14.1. The number of nitrogens with one attached hydrogen (secondary N) is 3. The highest BCUT2D eigenvalue weighted by Gasteiger charge is 2.50. The average molecular weight is 549 g/mol.